The summed E-state index contributed by atoms with van der Waals surface area (Å²) in [6.45, 7) is 3.07. The molecular weight excluding hydrogens is 254 g/mol. The van der Waals surface area contributed by atoms with Gasteiger partial charge in [-0.25, -0.2) is 4.79 Å². The van der Waals surface area contributed by atoms with Gasteiger partial charge in [0.1, 0.15) is 12.4 Å². The lowest BCUT2D eigenvalue weighted by atomic mass is 10.1. The van der Waals surface area contributed by atoms with E-state index in [0.29, 0.717) is 19.2 Å². The monoisotopic (exact) mass is 277 g/mol. The van der Waals surface area contributed by atoms with Crippen LogP contribution < -0.4 is 15.4 Å². The van der Waals surface area contributed by atoms with Gasteiger partial charge in [0.2, 0.25) is 0 Å². The summed E-state index contributed by atoms with van der Waals surface area (Å²) in [5.74, 6) is 0.824. The fraction of sp³-hybridized carbons (Fsp3) is 0.533. The van der Waals surface area contributed by atoms with Crippen LogP contribution in [0, 0.1) is 0 Å². The molecule has 1 aliphatic rings. The minimum atomic E-state index is -0.101. The first-order chi connectivity index (χ1) is 9.74. The second-order valence-corrected chi connectivity index (χ2v) is 5.14. The number of para-hydroxylation sites is 1. The minimum absolute atomic E-state index is 0.101. The second kappa shape index (κ2) is 7.75. The zero-order valence-corrected chi connectivity index (χ0v) is 12.0. The molecule has 0 spiro atoms. The molecular formula is C15H23N3O2. The van der Waals surface area contributed by atoms with Crippen molar-refractivity contribution >= 4 is 6.03 Å². The van der Waals surface area contributed by atoms with E-state index in [2.05, 4.69) is 22.6 Å². The van der Waals surface area contributed by atoms with Crippen molar-refractivity contribution in [1.29, 1.82) is 0 Å². The summed E-state index contributed by atoms with van der Waals surface area (Å²) in [6, 6.07) is 9.79. The highest BCUT2D eigenvalue weighted by Crippen LogP contribution is 2.08. The molecule has 1 aliphatic heterocycles. The topological polar surface area (TPSA) is 53.6 Å². The Labute approximate surface area is 120 Å². The molecule has 0 aliphatic carbocycles. The Hall–Kier alpha value is -1.75. The Morgan fingerprint density at radius 2 is 2.00 bits per heavy atom. The van der Waals surface area contributed by atoms with Crippen LogP contribution in [-0.4, -0.2) is 50.3 Å². The number of amides is 2. The Balaban J connectivity index is 1.56. The molecule has 110 valence electrons. The summed E-state index contributed by atoms with van der Waals surface area (Å²) < 4.78 is 5.51. The summed E-state index contributed by atoms with van der Waals surface area (Å²) in [6.07, 6.45) is 2.04. The highest BCUT2D eigenvalue weighted by atomic mass is 16.5. The number of nitrogens with one attached hydrogen (secondary N) is 2. The van der Waals surface area contributed by atoms with Crippen LogP contribution in [0.15, 0.2) is 30.3 Å². The summed E-state index contributed by atoms with van der Waals surface area (Å²) in [4.78, 5) is 14.0. The van der Waals surface area contributed by atoms with Crippen LogP contribution in [0.5, 0.6) is 5.75 Å². The van der Waals surface area contributed by atoms with E-state index in [1.165, 1.54) is 0 Å². The minimum Gasteiger partial charge on any atom is -0.492 e. The number of hydrogen-bond acceptors (Lipinski definition) is 3. The van der Waals surface area contributed by atoms with Gasteiger partial charge in [-0.05, 0) is 45.1 Å². The Bertz CT molecular complexity index is 403. The molecule has 0 atom stereocenters. The normalized spacial score (nSPS) is 16.6. The van der Waals surface area contributed by atoms with Gasteiger partial charge >= 0.3 is 6.03 Å². The molecule has 1 aromatic rings. The van der Waals surface area contributed by atoms with Crippen LogP contribution in [0.4, 0.5) is 4.79 Å². The van der Waals surface area contributed by atoms with Gasteiger partial charge in [0, 0.05) is 6.04 Å². The molecule has 1 aromatic carbocycles. The highest BCUT2D eigenvalue weighted by molar-refractivity contribution is 5.74. The van der Waals surface area contributed by atoms with Gasteiger partial charge in [-0.15, -0.1) is 0 Å². The number of piperidine rings is 1. The largest absolute Gasteiger partial charge is 0.492 e. The quantitative estimate of drug-likeness (QED) is 0.801. The molecule has 2 amide bonds. The SMILES string of the molecule is CN1CCC(NC(=O)NCCOc2ccccc2)CC1. The average Bonchev–Trinajstić information content (AvgIpc) is 2.47. The van der Waals surface area contributed by atoms with Crippen molar-refractivity contribution in [3.05, 3.63) is 30.3 Å². The standard InChI is InChI=1S/C15H23N3O2/c1-18-10-7-13(8-11-18)17-15(19)16-9-12-20-14-5-3-2-4-6-14/h2-6,13H,7-12H2,1H3,(H2,16,17,19). The van der Waals surface area contributed by atoms with Crippen molar-refractivity contribution in [3.8, 4) is 5.75 Å². The fourth-order valence-electron chi connectivity index (χ4n) is 2.24. The molecule has 1 fully saturated rings. The average molecular weight is 277 g/mol. The molecule has 5 heteroatoms. The molecule has 1 heterocycles. The number of carbonyl (C=O) groups excluding carboxylic acids is 1. The molecule has 0 radical (unpaired) electrons. The highest BCUT2D eigenvalue weighted by Gasteiger charge is 2.17. The van der Waals surface area contributed by atoms with Gasteiger partial charge in [-0.2, -0.15) is 0 Å². The third-order valence-corrected chi connectivity index (χ3v) is 3.45. The van der Waals surface area contributed by atoms with E-state index in [1.807, 2.05) is 30.3 Å². The number of carbonyl (C=O) groups is 1. The molecule has 0 aromatic heterocycles. The number of benzene rings is 1. The molecule has 5 nitrogen and oxygen atoms in total. The van der Waals surface area contributed by atoms with Crippen LogP contribution >= 0.6 is 0 Å². The Morgan fingerprint density at radius 1 is 1.30 bits per heavy atom. The van der Waals surface area contributed by atoms with E-state index in [0.717, 1.165) is 31.7 Å². The number of hydrogen-bond donors (Lipinski definition) is 2. The van der Waals surface area contributed by atoms with Crippen LogP contribution in [0.2, 0.25) is 0 Å². The van der Waals surface area contributed by atoms with Gasteiger partial charge in [0.05, 0.1) is 6.54 Å². The lowest BCUT2D eigenvalue weighted by Gasteiger charge is -2.29. The fourth-order valence-corrected chi connectivity index (χ4v) is 2.24. The summed E-state index contributed by atoms with van der Waals surface area (Å²) in [7, 11) is 2.11. The first kappa shape index (κ1) is 14.7. The molecule has 1 saturated heterocycles. The number of nitrogens with zero attached hydrogens (tertiary/aromatic N) is 1. The van der Waals surface area contributed by atoms with Crippen LogP contribution in [0.3, 0.4) is 0 Å². The van der Waals surface area contributed by atoms with Gasteiger partial charge in [-0.3, -0.25) is 0 Å². The van der Waals surface area contributed by atoms with Gasteiger partial charge in [0.25, 0.3) is 0 Å². The van der Waals surface area contributed by atoms with Crippen LogP contribution in [-0.2, 0) is 0 Å². The summed E-state index contributed by atoms with van der Waals surface area (Å²) in [5, 5.41) is 5.83. The molecule has 0 unspecified atom stereocenters. The van der Waals surface area contributed by atoms with Gasteiger partial charge in [-0.1, -0.05) is 18.2 Å². The van der Waals surface area contributed by atoms with Gasteiger partial charge < -0.3 is 20.3 Å². The van der Waals surface area contributed by atoms with E-state index in [4.69, 9.17) is 4.74 Å². The van der Waals surface area contributed by atoms with E-state index in [-0.39, 0.29) is 6.03 Å². The number of urea groups is 1. The number of ether oxygens (including phenoxy) is 1. The zero-order chi connectivity index (χ0) is 14.2. The van der Waals surface area contributed by atoms with Crippen LogP contribution in [0.25, 0.3) is 0 Å². The molecule has 0 saturated carbocycles. The van der Waals surface area contributed by atoms with Crippen molar-refractivity contribution < 1.29 is 9.53 Å². The predicted octanol–water partition coefficient (Wildman–Crippen LogP) is 1.46. The maximum atomic E-state index is 11.7. The zero-order valence-electron chi connectivity index (χ0n) is 12.0. The van der Waals surface area contributed by atoms with Crippen molar-refractivity contribution in [2.24, 2.45) is 0 Å². The number of likely N-dealkylation sites (tertiary alicyclic amines) is 1. The van der Waals surface area contributed by atoms with E-state index in [1.54, 1.807) is 0 Å². The van der Waals surface area contributed by atoms with E-state index >= 15 is 0 Å². The Morgan fingerprint density at radius 3 is 2.70 bits per heavy atom. The summed E-state index contributed by atoms with van der Waals surface area (Å²) >= 11 is 0. The first-order valence-electron chi connectivity index (χ1n) is 7.15. The van der Waals surface area contributed by atoms with Crippen molar-refractivity contribution in [3.63, 3.8) is 0 Å². The van der Waals surface area contributed by atoms with Crippen LogP contribution in [0.1, 0.15) is 12.8 Å². The van der Waals surface area contributed by atoms with E-state index in [9.17, 15) is 4.79 Å². The van der Waals surface area contributed by atoms with Crippen molar-refractivity contribution in [2.45, 2.75) is 18.9 Å². The lowest BCUT2D eigenvalue weighted by Crippen LogP contribution is -2.47. The maximum Gasteiger partial charge on any atom is 0.315 e. The lowest BCUT2D eigenvalue weighted by molar-refractivity contribution is 0.211. The van der Waals surface area contributed by atoms with E-state index < -0.39 is 0 Å². The summed E-state index contributed by atoms with van der Waals surface area (Å²) in [5.41, 5.74) is 0. The smallest absolute Gasteiger partial charge is 0.315 e. The maximum absolute atomic E-state index is 11.7. The van der Waals surface area contributed by atoms with Crippen molar-refractivity contribution in [1.82, 2.24) is 15.5 Å². The predicted molar refractivity (Wildman–Crippen MR) is 79.0 cm³/mol. The van der Waals surface area contributed by atoms with Crippen molar-refractivity contribution in [2.75, 3.05) is 33.3 Å². The first-order valence-corrected chi connectivity index (χ1v) is 7.15. The Kier molecular flexibility index (Phi) is 5.68. The third kappa shape index (κ3) is 5.09. The molecule has 20 heavy (non-hydrogen) atoms. The second-order valence-electron chi connectivity index (χ2n) is 5.14. The number of rotatable bonds is 5. The molecule has 0 bridgehead atoms. The molecule has 2 N–H and O–H groups in total. The molecule has 2 rings (SSSR count). The van der Waals surface area contributed by atoms with Gasteiger partial charge in [0.15, 0.2) is 0 Å². The third-order valence-electron chi connectivity index (χ3n) is 3.45.